The Hall–Kier alpha value is -2.61. The molecule has 2 aromatic heterocycles. The van der Waals surface area contributed by atoms with Gasteiger partial charge in [-0.15, -0.1) is 0 Å². The van der Waals surface area contributed by atoms with Crippen molar-refractivity contribution in [2.75, 3.05) is 0 Å². The molecule has 1 aromatic carbocycles. The molecule has 2 heterocycles. The van der Waals surface area contributed by atoms with Gasteiger partial charge >= 0.3 is 0 Å². The molecule has 0 atom stereocenters. The predicted octanol–water partition coefficient (Wildman–Crippen LogP) is 2.15. The van der Waals surface area contributed by atoms with Crippen molar-refractivity contribution in [3.05, 3.63) is 36.0 Å². The number of nitrogens with zero attached hydrogens (tertiary/aromatic N) is 5. The first-order valence-electron chi connectivity index (χ1n) is 5.96. The van der Waals surface area contributed by atoms with Crippen molar-refractivity contribution >= 4 is 11.0 Å². The van der Waals surface area contributed by atoms with E-state index in [1.54, 1.807) is 10.9 Å². The van der Waals surface area contributed by atoms with Crippen LogP contribution in [0.4, 0.5) is 0 Å². The summed E-state index contributed by atoms with van der Waals surface area (Å²) in [5, 5.41) is 9.26. The number of aromatic nitrogens is 4. The van der Waals surface area contributed by atoms with E-state index < -0.39 is 0 Å². The molecule has 0 saturated carbocycles. The van der Waals surface area contributed by atoms with E-state index in [0.29, 0.717) is 5.69 Å². The molecule has 0 amide bonds. The normalized spacial score (nSPS) is 10.8. The van der Waals surface area contributed by atoms with Crippen molar-refractivity contribution in [1.29, 1.82) is 5.26 Å². The maximum Gasteiger partial charge on any atom is 0.147 e. The number of imidazole rings is 2. The molecule has 0 aliphatic heterocycles. The van der Waals surface area contributed by atoms with Gasteiger partial charge in [0.2, 0.25) is 0 Å². The lowest BCUT2D eigenvalue weighted by molar-refractivity contribution is 0.845. The number of benzene rings is 1. The molecule has 0 aliphatic rings. The van der Waals surface area contributed by atoms with Gasteiger partial charge in [-0.2, -0.15) is 5.26 Å². The van der Waals surface area contributed by atoms with Crippen molar-refractivity contribution in [3.63, 3.8) is 0 Å². The number of hydrogen-bond acceptors (Lipinski definition) is 3. The Morgan fingerprint density at radius 3 is 2.79 bits per heavy atom. The van der Waals surface area contributed by atoms with Gasteiger partial charge in [0, 0.05) is 19.7 Å². The van der Waals surface area contributed by atoms with E-state index in [-0.39, 0.29) is 0 Å². The monoisotopic (exact) mass is 251 g/mol. The zero-order valence-corrected chi connectivity index (χ0v) is 11.0. The number of fused-ring (bicyclic) bond motifs is 1. The van der Waals surface area contributed by atoms with Gasteiger partial charge in [-0.25, -0.2) is 9.97 Å². The van der Waals surface area contributed by atoms with Crippen LogP contribution in [0.5, 0.6) is 0 Å². The second-order valence-electron chi connectivity index (χ2n) is 4.59. The minimum absolute atomic E-state index is 0.577. The van der Waals surface area contributed by atoms with Gasteiger partial charge in [-0.1, -0.05) is 6.07 Å². The Morgan fingerprint density at radius 2 is 2.05 bits per heavy atom. The van der Waals surface area contributed by atoms with Crippen LogP contribution in [0, 0.1) is 18.3 Å². The van der Waals surface area contributed by atoms with Crippen LogP contribution in [-0.4, -0.2) is 19.1 Å². The van der Waals surface area contributed by atoms with Crippen LogP contribution in [0.2, 0.25) is 0 Å². The smallest absolute Gasteiger partial charge is 0.147 e. The second kappa shape index (κ2) is 3.95. The van der Waals surface area contributed by atoms with Gasteiger partial charge in [0.25, 0.3) is 0 Å². The molecule has 5 nitrogen and oxygen atoms in total. The Balaban J connectivity index is 2.25. The van der Waals surface area contributed by atoms with Crippen molar-refractivity contribution in [2.45, 2.75) is 6.92 Å². The van der Waals surface area contributed by atoms with Crippen molar-refractivity contribution in [3.8, 4) is 17.3 Å². The summed E-state index contributed by atoms with van der Waals surface area (Å²) in [5.41, 5.74) is 4.19. The topological polar surface area (TPSA) is 59.4 Å². The van der Waals surface area contributed by atoms with E-state index in [4.69, 9.17) is 0 Å². The highest BCUT2D eigenvalue weighted by molar-refractivity contribution is 5.82. The van der Waals surface area contributed by atoms with E-state index in [2.05, 4.69) is 16.0 Å². The zero-order valence-electron chi connectivity index (χ0n) is 11.0. The van der Waals surface area contributed by atoms with Gasteiger partial charge in [0.15, 0.2) is 0 Å². The Bertz CT molecular complexity index is 816. The number of aryl methyl sites for hydroxylation is 2. The third-order valence-electron chi connectivity index (χ3n) is 3.42. The first-order valence-corrected chi connectivity index (χ1v) is 5.96. The molecule has 3 aromatic rings. The molecule has 0 spiro atoms. The van der Waals surface area contributed by atoms with Gasteiger partial charge in [-0.3, -0.25) is 0 Å². The van der Waals surface area contributed by atoms with Crippen molar-refractivity contribution in [2.24, 2.45) is 14.1 Å². The fourth-order valence-corrected chi connectivity index (χ4v) is 2.22. The second-order valence-corrected chi connectivity index (χ2v) is 4.59. The standard InChI is InChI=1S/C14H13N5/c1-9-17-14(13(7-15)19(9)3)10-4-5-12-11(6-10)16-8-18(12)2/h4-6,8H,1-3H3. The largest absolute Gasteiger partial charge is 0.334 e. The third kappa shape index (κ3) is 1.61. The molecular formula is C14H13N5. The Labute approximate surface area is 110 Å². The van der Waals surface area contributed by atoms with E-state index >= 15 is 0 Å². The first-order chi connectivity index (χ1) is 9.11. The summed E-state index contributed by atoms with van der Waals surface area (Å²) in [5.74, 6) is 0.827. The van der Waals surface area contributed by atoms with Crippen LogP contribution >= 0.6 is 0 Å². The van der Waals surface area contributed by atoms with Crippen LogP contribution in [0.3, 0.4) is 0 Å². The molecule has 0 saturated heterocycles. The minimum Gasteiger partial charge on any atom is -0.334 e. The third-order valence-corrected chi connectivity index (χ3v) is 3.42. The molecule has 0 bridgehead atoms. The van der Waals surface area contributed by atoms with Crippen LogP contribution < -0.4 is 0 Å². The predicted molar refractivity (Wildman–Crippen MR) is 72.4 cm³/mol. The molecule has 19 heavy (non-hydrogen) atoms. The summed E-state index contributed by atoms with van der Waals surface area (Å²) in [4.78, 5) is 8.81. The summed E-state index contributed by atoms with van der Waals surface area (Å²) in [6.07, 6.45) is 1.78. The molecule has 0 N–H and O–H groups in total. The van der Waals surface area contributed by atoms with Crippen LogP contribution in [-0.2, 0) is 14.1 Å². The van der Waals surface area contributed by atoms with Gasteiger partial charge in [0.1, 0.15) is 23.3 Å². The maximum atomic E-state index is 9.26. The molecule has 3 rings (SSSR count). The average Bonchev–Trinajstić information content (AvgIpc) is 2.92. The fraction of sp³-hybridized carbons (Fsp3) is 0.214. The van der Waals surface area contributed by atoms with E-state index in [1.165, 1.54) is 0 Å². The molecule has 0 aliphatic carbocycles. The maximum absolute atomic E-state index is 9.26. The van der Waals surface area contributed by atoms with Crippen molar-refractivity contribution < 1.29 is 0 Å². The van der Waals surface area contributed by atoms with Crippen LogP contribution in [0.1, 0.15) is 11.5 Å². The lowest BCUT2D eigenvalue weighted by atomic mass is 10.1. The van der Waals surface area contributed by atoms with E-state index in [0.717, 1.165) is 28.1 Å². The van der Waals surface area contributed by atoms with Crippen LogP contribution in [0.15, 0.2) is 24.5 Å². The zero-order chi connectivity index (χ0) is 13.6. The summed E-state index contributed by atoms with van der Waals surface area (Å²) in [6, 6.07) is 8.16. The highest BCUT2D eigenvalue weighted by Gasteiger charge is 2.14. The average molecular weight is 251 g/mol. The summed E-state index contributed by atoms with van der Waals surface area (Å²) in [6.45, 7) is 1.89. The Morgan fingerprint density at radius 1 is 1.26 bits per heavy atom. The number of rotatable bonds is 1. The van der Waals surface area contributed by atoms with Gasteiger partial charge in [-0.05, 0) is 19.1 Å². The first kappa shape index (κ1) is 11.5. The molecule has 5 heteroatoms. The van der Waals surface area contributed by atoms with E-state index in [9.17, 15) is 5.26 Å². The summed E-state index contributed by atoms with van der Waals surface area (Å²) < 4.78 is 3.77. The highest BCUT2D eigenvalue weighted by Crippen LogP contribution is 2.26. The lowest BCUT2D eigenvalue weighted by Crippen LogP contribution is -1.94. The number of hydrogen-bond donors (Lipinski definition) is 0. The molecule has 0 fully saturated rings. The number of nitriles is 1. The highest BCUT2D eigenvalue weighted by atomic mass is 15.1. The quantitative estimate of drug-likeness (QED) is 0.665. The molecule has 0 radical (unpaired) electrons. The summed E-state index contributed by atoms with van der Waals surface area (Å²) >= 11 is 0. The van der Waals surface area contributed by atoms with Gasteiger partial charge < -0.3 is 9.13 Å². The SMILES string of the molecule is Cc1nc(-c2ccc3c(c2)ncn3C)c(C#N)n1C. The van der Waals surface area contributed by atoms with Crippen LogP contribution in [0.25, 0.3) is 22.3 Å². The summed E-state index contributed by atoms with van der Waals surface area (Å²) in [7, 11) is 3.81. The minimum atomic E-state index is 0.577. The fourth-order valence-electron chi connectivity index (χ4n) is 2.22. The van der Waals surface area contributed by atoms with E-state index in [1.807, 2.05) is 43.8 Å². The Kier molecular flexibility index (Phi) is 2.39. The molecule has 0 unspecified atom stereocenters. The van der Waals surface area contributed by atoms with Gasteiger partial charge in [0.05, 0.1) is 17.4 Å². The van der Waals surface area contributed by atoms with Crippen molar-refractivity contribution in [1.82, 2.24) is 19.1 Å². The lowest BCUT2D eigenvalue weighted by Gasteiger charge is -2.00. The molecular weight excluding hydrogens is 238 g/mol. The molecule has 94 valence electrons.